The van der Waals surface area contributed by atoms with E-state index in [4.69, 9.17) is 28.3 Å². The van der Waals surface area contributed by atoms with E-state index in [1.54, 1.807) is 6.92 Å². The molecule has 0 aliphatic carbocycles. The van der Waals surface area contributed by atoms with Crippen LogP contribution in [0.4, 0.5) is 0 Å². The van der Waals surface area contributed by atoms with Crippen molar-refractivity contribution in [2.45, 2.75) is 57.9 Å². The molecule has 0 aliphatic heterocycles. The van der Waals surface area contributed by atoms with Crippen molar-refractivity contribution in [3.05, 3.63) is 69.3 Å². The minimum atomic E-state index is -0.943. The van der Waals surface area contributed by atoms with Crippen LogP contribution >= 0.6 is 23.2 Å². The number of aromatic nitrogens is 1. The number of carboxylic acids is 1. The Hall–Kier alpha value is -2.50. The molecule has 2 aromatic carbocycles. The number of nitrogens with zero attached hydrogens (tertiary/aromatic N) is 1. The highest BCUT2D eigenvalue weighted by molar-refractivity contribution is 6.31. The smallest absolute Gasteiger partial charge is 0.305 e. The first-order chi connectivity index (χ1) is 15.8. The van der Waals surface area contributed by atoms with Gasteiger partial charge in [-0.05, 0) is 68.5 Å². The summed E-state index contributed by atoms with van der Waals surface area (Å²) in [7, 11) is 1.96. The van der Waals surface area contributed by atoms with Crippen molar-refractivity contribution in [1.82, 2.24) is 9.88 Å². The fourth-order valence-corrected chi connectivity index (χ4v) is 4.68. The van der Waals surface area contributed by atoms with Crippen molar-refractivity contribution in [1.29, 1.82) is 0 Å². The molecule has 33 heavy (non-hydrogen) atoms. The highest BCUT2D eigenvalue weighted by Gasteiger charge is 2.23. The lowest BCUT2D eigenvalue weighted by atomic mass is 10.0. The van der Waals surface area contributed by atoms with Crippen molar-refractivity contribution in [2.24, 2.45) is 7.05 Å². The zero-order valence-corrected chi connectivity index (χ0v) is 20.5. The zero-order valence-electron chi connectivity index (χ0n) is 19.0. The second-order valence-electron chi connectivity index (χ2n) is 8.56. The molecule has 3 aromatic rings. The maximum absolute atomic E-state index is 13.1. The molecular weight excluding hydrogens is 459 g/mol. The largest absolute Gasteiger partial charge is 0.481 e. The molecule has 7 heteroatoms. The van der Waals surface area contributed by atoms with E-state index in [-0.39, 0.29) is 12.3 Å². The first kappa shape index (κ1) is 25.1. The van der Waals surface area contributed by atoms with Crippen molar-refractivity contribution < 1.29 is 14.7 Å². The number of carbonyl (C=O) groups is 2. The van der Waals surface area contributed by atoms with Crippen LogP contribution in [0, 0.1) is 0 Å². The first-order valence-electron chi connectivity index (χ1n) is 11.3. The summed E-state index contributed by atoms with van der Waals surface area (Å²) in [6.07, 6.45) is 5.83. The van der Waals surface area contributed by atoms with Crippen LogP contribution in [0.1, 0.15) is 60.6 Å². The third kappa shape index (κ3) is 6.75. The van der Waals surface area contributed by atoms with Crippen molar-refractivity contribution >= 4 is 46.0 Å². The number of rotatable bonds is 11. The number of benzene rings is 2. The molecule has 5 nitrogen and oxygen atoms in total. The third-order valence-electron chi connectivity index (χ3n) is 5.89. The molecule has 3 rings (SSSR count). The number of unbranched alkanes of at least 4 members (excludes halogenated alkanes) is 3. The van der Waals surface area contributed by atoms with Gasteiger partial charge in [-0.15, -0.1) is 0 Å². The molecule has 0 radical (unpaired) electrons. The Kier molecular flexibility index (Phi) is 8.81. The van der Waals surface area contributed by atoms with E-state index in [9.17, 15) is 9.59 Å². The minimum Gasteiger partial charge on any atom is -0.481 e. The number of nitrogens with one attached hydrogen (secondary N) is 1. The lowest BCUT2D eigenvalue weighted by Gasteiger charge is -2.13. The van der Waals surface area contributed by atoms with Crippen LogP contribution < -0.4 is 5.32 Å². The molecule has 0 saturated heterocycles. The summed E-state index contributed by atoms with van der Waals surface area (Å²) in [5.74, 6) is -1.20. The number of aliphatic carboxylic acids is 1. The number of aryl methyl sites for hydroxylation is 2. The molecule has 0 unspecified atom stereocenters. The number of fused-ring (bicyclic) bond motifs is 1. The van der Waals surface area contributed by atoms with Gasteiger partial charge in [0, 0.05) is 39.7 Å². The highest BCUT2D eigenvalue weighted by atomic mass is 35.5. The maximum Gasteiger partial charge on any atom is 0.305 e. The van der Waals surface area contributed by atoms with E-state index in [1.807, 2.05) is 43.4 Å². The molecule has 1 aromatic heterocycles. The topological polar surface area (TPSA) is 71.3 Å². The summed E-state index contributed by atoms with van der Waals surface area (Å²) in [6.45, 7) is 1.70. The van der Waals surface area contributed by atoms with Gasteiger partial charge in [-0.3, -0.25) is 9.59 Å². The number of amides is 1. The molecule has 2 N–H and O–H groups in total. The summed E-state index contributed by atoms with van der Waals surface area (Å²) in [5.41, 5.74) is 3.72. The van der Waals surface area contributed by atoms with Gasteiger partial charge in [0.15, 0.2) is 0 Å². The van der Waals surface area contributed by atoms with E-state index in [0.29, 0.717) is 10.6 Å². The van der Waals surface area contributed by atoms with E-state index in [0.717, 1.165) is 60.1 Å². The Balaban J connectivity index is 1.68. The van der Waals surface area contributed by atoms with Gasteiger partial charge in [0.2, 0.25) is 0 Å². The Bertz CT molecular complexity index is 1140. The molecule has 1 amide bonds. The fraction of sp³-hybridized carbons (Fsp3) is 0.385. The normalized spacial score (nSPS) is 12.1. The van der Waals surface area contributed by atoms with Gasteiger partial charge in [0.1, 0.15) is 0 Å². The fourth-order valence-electron chi connectivity index (χ4n) is 4.29. The van der Waals surface area contributed by atoms with Crippen LogP contribution in [0.5, 0.6) is 0 Å². The van der Waals surface area contributed by atoms with Gasteiger partial charge in [-0.25, -0.2) is 0 Å². The van der Waals surface area contributed by atoms with Crippen molar-refractivity contribution in [3.8, 4) is 0 Å². The quantitative estimate of drug-likeness (QED) is 0.305. The van der Waals surface area contributed by atoms with Crippen molar-refractivity contribution in [2.75, 3.05) is 0 Å². The zero-order chi connectivity index (χ0) is 24.0. The Morgan fingerprint density at radius 1 is 1.00 bits per heavy atom. The monoisotopic (exact) mass is 488 g/mol. The molecule has 0 spiro atoms. The average molecular weight is 489 g/mol. The number of halogens is 2. The van der Waals surface area contributed by atoms with Gasteiger partial charge in [-0.2, -0.15) is 0 Å². The summed E-state index contributed by atoms with van der Waals surface area (Å²) in [6, 6.07) is 13.1. The number of carboxylic acid groups (broad SMARTS) is 1. The Labute approximate surface area is 204 Å². The van der Waals surface area contributed by atoms with Crippen LogP contribution in [0.3, 0.4) is 0 Å². The van der Waals surface area contributed by atoms with Gasteiger partial charge in [0.05, 0.1) is 12.0 Å². The molecule has 176 valence electrons. The Morgan fingerprint density at radius 3 is 2.39 bits per heavy atom. The van der Waals surface area contributed by atoms with Crippen LogP contribution in [-0.2, 0) is 24.7 Å². The number of hydrogen-bond acceptors (Lipinski definition) is 2. The summed E-state index contributed by atoms with van der Waals surface area (Å²) in [5, 5.41) is 14.0. The maximum atomic E-state index is 13.1. The lowest BCUT2D eigenvalue weighted by Crippen LogP contribution is -2.34. The number of hydrogen-bond donors (Lipinski definition) is 2. The van der Waals surface area contributed by atoms with E-state index >= 15 is 0 Å². The second-order valence-corrected chi connectivity index (χ2v) is 9.43. The standard InChI is InChI=1S/C26H30Cl2N2O3/c1-17(14-24(31)32)29-26(33)25-21-16-20(28)12-13-22(21)30(2)23(25)11-6-4-3-5-8-18-9-7-10-19(27)15-18/h7,9-10,12-13,15-17H,3-6,8,11,14H2,1-2H3,(H,29,33)(H,31,32)/t17-/m1/s1. The van der Waals surface area contributed by atoms with Crippen LogP contribution in [0.25, 0.3) is 10.9 Å². The minimum absolute atomic E-state index is 0.126. The van der Waals surface area contributed by atoms with Gasteiger partial charge in [-0.1, -0.05) is 48.2 Å². The molecule has 0 bridgehead atoms. The van der Waals surface area contributed by atoms with Crippen LogP contribution in [0.15, 0.2) is 42.5 Å². The second kappa shape index (κ2) is 11.6. The molecule has 0 fully saturated rings. The van der Waals surface area contributed by atoms with E-state index < -0.39 is 12.0 Å². The lowest BCUT2D eigenvalue weighted by molar-refractivity contribution is -0.137. The van der Waals surface area contributed by atoms with Gasteiger partial charge in [0.25, 0.3) is 5.91 Å². The van der Waals surface area contributed by atoms with Crippen LogP contribution in [-0.4, -0.2) is 27.6 Å². The van der Waals surface area contributed by atoms with E-state index in [1.165, 1.54) is 5.56 Å². The SMILES string of the molecule is C[C@H](CC(=O)O)NC(=O)c1c(CCCCCCc2cccc(Cl)c2)n(C)c2ccc(Cl)cc12. The molecule has 0 aliphatic rings. The average Bonchev–Trinajstić information content (AvgIpc) is 3.01. The van der Waals surface area contributed by atoms with Gasteiger partial charge < -0.3 is 15.0 Å². The van der Waals surface area contributed by atoms with Gasteiger partial charge >= 0.3 is 5.97 Å². The molecule has 1 heterocycles. The molecule has 1 atom stereocenters. The highest BCUT2D eigenvalue weighted by Crippen LogP contribution is 2.29. The predicted octanol–water partition coefficient (Wildman–Crippen LogP) is 6.42. The first-order valence-corrected chi connectivity index (χ1v) is 12.1. The summed E-state index contributed by atoms with van der Waals surface area (Å²) in [4.78, 5) is 24.2. The summed E-state index contributed by atoms with van der Waals surface area (Å²) >= 11 is 12.3. The molecule has 0 saturated carbocycles. The molecular formula is C26H30Cl2N2O3. The third-order valence-corrected chi connectivity index (χ3v) is 6.36. The summed E-state index contributed by atoms with van der Waals surface area (Å²) < 4.78 is 2.05. The van der Waals surface area contributed by atoms with Crippen molar-refractivity contribution in [3.63, 3.8) is 0 Å². The number of carbonyl (C=O) groups excluding carboxylic acids is 1. The predicted molar refractivity (Wildman–Crippen MR) is 134 cm³/mol. The Morgan fingerprint density at radius 2 is 1.70 bits per heavy atom. The van der Waals surface area contributed by atoms with E-state index in [2.05, 4.69) is 16.0 Å². The van der Waals surface area contributed by atoms with Crippen LogP contribution in [0.2, 0.25) is 10.0 Å².